The number of ether oxygens (including phenoxy) is 1. The fourth-order valence-electron chi connectivity index (χ4n) is 2.47. The minimum atomic E-state index is -3.37. The van der Waals surface area contributed by atoms with Gasteiger partial charge in [-0.25, -0.2) is 8.42 Å². The number of rotatable bonds is 4. The molecular weight excluding hydrogens is 312 g/mol. The summed E-state index contributed by atoms with van der Waals surface area (Å²) in [7, 11) is -3.37. The Bertz CT molecular complexity index is 777. The Morgan fingerprint density at radius 3 is 2.74 bits per heavy atom. The van der Waals surface area contributed by atoms with Crippen LogP contribution in [0.2, 0.25) is 0 Å². The zero-order valence-electron chi connectivity index (χ0n) is 13.3. The van der Waals surface area contributed by atoms with E-state index in [2.05, 4.69) is 11.3 Å². The predicted molar refractivity (Wildman–Crippen MR) is 91.9 cm³/mol. The van der Waals surface area contributed by atoms with Gasteiger partial charge in [-0.3, -0.25) is 0 Å². The highest BCUT2D eigenvalue weighted by Gasteiger charge is 2.27. The summed E-state index contributed by atoms with van der Waals surface area (Å²) in [6.45, 7) is 4.54. The molecular formula is C17H20N2O3S. The molecule has 0 aliphatic carbocycles. The smallest absolute Gasteiger partial charge is 0.256 e. The molecule has 2 aliphatic rings. The predicted octanol–water partition coefficient (Wildman–Crippen LogP) is 2.82. The molecule has 1 unspecified atom stereocenters. The Morgan fingerprint density at radius 2 is 2.04 bits per heavy atom. The average Bonchev–Trinajstić information content (AvgIpc) is 2.54. The largest absolute Gasteiger partial charge is 0.491 e. The standard InChI is InChI=1S/C17H20N2O3S/c1-3-13(2)22-15-8-6-14(7-9-15)16-5-4-10-19-11-12-23(20,21)18-17(16)19/h4-10,13H,3,11-12H2,1-2H3. The molecule has 0 fully saturated rings. The van der Waals surface area contributed by atoms with Gasteiger partial charge in [0, 0.05) is 18.3 Å². The van der Waals surface area contributed by atoms with Crippen LogP contribution < -0.4 is 4.74 Å². The maximum atomic E-state index is 11.8. The molecule has 1 aromatic rings. The maximum Gasteiger partial charge on any atom is 0.256 e. The number of allylic oxidation sites excluding steroid dienone is 2. The van der Waals surface area contributed by atoms with Crippen molar-refractivity contribution in [2.45, 2.75) is 26.4 Å². The molecule has 0 amide bonds. The van der Waals surface area contributed by atoms with Crippen LogP contribution in [0.5, 0.6) is 5.75 Å². The number of hydrogen-bond donors (Lipinski definition) is 0. The lowest BCUT2D eigenvalue weighted by molar-refractivity contribution is 0.217. The highest BCUT2D eigenvalue weighted by molar-refractivity contribution is 7.90. The Balaban J connectivity index is 1.90. The van der Waals surface area contributed by atoms with Gasteiger partial charge in [0.2, 0.25) is 0 Å². The minimum Gasteiger partial charge on any atom is -0.491 e. The van der Waals surface area contributed by atoms with Crippen molar-refractivity contribution < 1.29 is 13.2 Å². The first-order valence-electron chi connectivity index (χ1n) is 7.74. The second-order valence-corrected chi connectivity index (χ2v) is 7.43. The average molecular weight is 332 g/mol. The minimum absolute atomic E-state index is 0.0514. The van der Waals surface area contributed by atoms with Gasteiger partial charge >= 0.3 is 0 Å². The van der Waals surface area contributed by atoms with E-state index in [9.17, 15) is 8.42 Å². The monoisotopic (exact) mass is 332 g/mol. The van der Waals surface area contributed by atoms with Gasteiger partial charge in [0.25, 0.3) is 10.0 Å². The van der Waals surface area contributed by atoms with Crippen molar-refractivity contribution in [3.63, 3.8) is 0 Å². The number of amidine groups is 1. The molecule has 2 heterocycles. The van der Waals surface area contributed by atoms with Crippen molar-refractivity contribution in [2.24, 2.45) is 4.40 Å². The summed E-state index contributed by atoms with van der Waals surface area (Å²) in [4.78, 5) is 1.87. The first-order valence-corrected chi connectivity index (χ1v) is 9.34. The van der Waals surface area contributed by atoms with Crippen molar-refractivity contribution in [2.75, 3.05) is 12.3 Å². The molecule has 3 rings (SSSR count). The summed E-state index contributed by atoms with van der Waals surface area (Å²) in [6.07, 6.45) is 6.77. The van der Waals surface area contributed by atoms with Crippen LogP contribution in [-0.2, 0) is 10.0 Å². The molecule has 23 heavy (non-hydrogen) atoms. The molecule has 0 saturated carbocycles. The lowest BCUT2D eigenvalue weighted by Gasteiger charge is -2.29. The number of nitrogens with zero attached hydrogens (tertiary/aromatic N) is 2. The summed E-state index contributed by atoms with van der Waals surface area (Å²) in [5.74, 6) is 1.36. The van der Waals surface area contributed by atoms with Crippen molar-refractivity contribution in [3.8, 4) is 5.75 Å². The summed E-state index contributed by atoms with van der Waals surface area (Å²) < 4.78 is 33.3. The SMILES string of the molecule is CCC(C)Oc1ccc(C2=CC=CN3CCS(=O)(=O)N=C23)cc1. The molecule has 122 valence electrons. The van der Waals surface area contributed by atoms with Gasteiger partial charge in [-0.2, -0.15) is 0 Å². The second kappa shape index (κ2) is 6.20. The van der Waals surface area contributed by atoms with Crippen LogP contribution in [0.1, 0.15) is 25.8 Å². The van der Waals surface area contributed by atoms with Gasteiger partial charge in [-0.15, -0.1) is 4.40 Å². The second-order valence-electron chi connectivity index (χ2n) is 5.68. The van der Waals surface area contributed by atoms with Crippen LogP contribution in [-0.4, -0.2) is 37.6 Å². The molecule has 0 bridgehead atoms. The third kappa shape index (κ3) is 3.47. The molecule has 0 saturated heterocycles. The molecule has 0 spiro atoms. The number of fused-ring (bicyclic) bond motifs is 1. The van der Waals surface area contributed by atoms with E-state index in [0.717, 1.165) is 23.3 Å². The van der Waals surface area contributed by atoms with E-state index in [1.165, 1.54) is 0 Å². The normalized spacial score (nSPS) is 20.3. The summed E-state index contributed by atoms with van der Waals surface area (Å²) in [5, 5.41) is 0. The zero-order chi connectivity index (χ0) is 16.4. The Labute approximate surface area is 137 Å². The van der Waals surface area contributed by atoms with E-state index >= 15 is 0 Å². The fraction of sp³-hybridized carbons (Fsp3) is 0.353. The third-order valence-electron chi connectivity index (χ3n) is 3.94. The van der Waals surface area contributed by atoms with Crippen LogP contribution in [0.4, 0.5) is 0 Å². The molecule has 0 radical (unpaired) electrons. The van der Waals surface area contributed by atoms with Gasteiger partial charge < -0.3 is 9.64 Å². The van der Waals surface area contributed by atoms with Crippen LogP contribution in [0, 0.1) is 0 Å². The summed E-state index contributed by atoms with van der Waals surface area (Å²) in [6, 6.07) is 7.68. The maximum absolute atomic E-state index is 11.8. The summed E-state index contributed by atoms with van der Waals surface area (Å²) >= 11 is 0. The fourth-order valence-corrected chi connectivity index (χ4v) is 3.46. The van der Waals surface area contributed by atoms with Crippen molar-refractivity contribution in [3.05, 3.63) is 48.2 Å². The third-order valence-corrected chi connectivity index (χ3v) is 5.08. The first-order chi connectivity index (χ1) is 11.0. The Kier molecular flexibility index (Phi) is 4.26. The quantitative estimate of drug-likeness (QED) is 0.851. The van der Waals surface area contributed by atoms with E-state index in [4.69, 9.17) is 4.74 Å². The molecule has 6 heteroatoms. The van der Waals surface area contributed by atoms with E-state index in [1.54, 1.807) is 0 Å². The zero-order valence-corrected chi connectivity index (χ0v) is 14.1. The highest BCUT2D eigenvalue weighted by Crippen LogP contribution is 2.27. The lowest BCUT2D eigenvalue weighted by Crippen LogP contribution is -2.37. The highest BCUT2D eigenvalue weighted by atomic mass is 32.2. The van der Waals surface area contributed by atoms with Gasteiger partial charge in [-0.05, 0) is 43.2 Å². The molecule has 0 N–H and O–H groups in total. The van der Waals surface area contributed by atoms with Crippen molar-refractivity contribution >= 4 is 21.4 Å². The number of sulfonamides is 1. The number of hydrogen-bond acceptors (Lipinski definition) is 4. The molecule has 0 aromatic heterocycles. The van der Waals surface area contributed by atoms with Gasteiger partial charge in [0.15, 0.2) is 5.84 Å². The van der Waals surface area contributed by atoms with E-state index in [0.29, 0.717) is 12.4 Å². The lowest BCUT2D eigenvalue weighted by atomic mass is 10.0. The molecule has 2 aliphatic heterocycles. The van der Waals surface area contributed by atoms with E-state index in [1.807, 2.05) is 54.4 Å². The van der Waals surface area contributed by atoms with Gasteiger partial charge in [0.05, 0.1) is 11.9 Å². The Hall–Kier alpha value is -2.08. The number of benzene rings is 1. The topological polar surface area (TPSA) is 59.0 Å². The van der Waals surface area contributed by atoms with Crippen LogP contribution in [0.15, 0.2) is 47.0 Å². The van der Waals surface area contributed by atoms with Crippen LogP contribution >= 0.6 is 0 Å². The van der Waals surface area contributed by atoms with Crippen molar-refractivity contribution in [1.82, 2.24) is 4.90 Å². The van der Waals surface area contributed by atoms with Gasteiger partial charge in [0.1, 0.15) is 5.75 Å². The van der Waals surface area contributed by atoms with Crippen LogP contribution in [0.3, 0.4) is 0 Å². The first kappa shape index (κ1) is 15.8. The molecule has 5 nitrogen and oxygen atoms in total. The molecule has 1 aromatic carbocycles. The van der Waals surface area contributed by atoms with Gasteiger partial charge in [-0.1, -0.05) is 19.1 Å². The molecule has 1 atom stereocenters. The Morgan fingerprint density at radius 1 is 1.30 bits per heavy atom. The van der Waals surface area contributed by atoms with E-state index in [-0.39, 0.29) is 11.9 Å². The van der Waals surface area contributed by atoms with Crippen molar-refractivity contribution in [1.29, 1.82) is 0 Å². The van der Waals surface area contributed by atoms with E-state index < -0.39 is 10.0 Å². The summed E-state index contributed by atoms with van der Waals surface area (Å²) in [5.41, 5.74) is 1.73. The van der Waals surface area contributed by atoms with Crippen LogP contribution in [0.25, 0.3) is 5.57 Å².